The second-order valence-electron chi connectivity index (χ2n) is 7.35. The van der Waals surface area contributed by atoms with Crippen molar-refractivity contribution < 1.29 is 14.3 Å². The third-order valence-corrected chi connectivity index (χ3v) is 5.09. The minimum Gasteiger partial charge on any atom is -0.497 e. The molecule has 2 aromatic carbocycles. The molecule has 0 unspecified atom stereocenters. The smallest absolute Gasteiger partial charge is 0.255 e. The van der Waals surface area contributed by atoms with Gasteiger partial charge in [0.2, 0.25) is 0 Å². The SMILES string of the molecule is COc1ccnc(COc2ccc(C(=O)Nc3cc(-c4nccn4C)ccc3C)cc2)c1. The van der Waals surface area contributed by atoms with Crippen LogP contribution in [-0.4, -0.2) is 27.6 Å². The number of nitrogens with one attached hydrogen (secondary N) is 1. The van der Waals surface area contributed by atoms with Crippen LogP contribution in [0.1, 0.15) is 21.6 Å². The van der Waals surface area contributed by atoms with Crippen molar-refractivity contribution in [1.82, 2.24) is 14.5 Å². The van der Waals surface area contributed by atoms with Crippen molar-refractivity contribution in [3.63, 3.8) is 0 Å². The standard InChI is InChI=1S/C25H24N4O3/c1-17-4-5-19(24-27-12-13-29(24)2)14-23(17)28-25(30)18-6-8-21(9-7-18)32-16-20-15-22(31-3)10-11-26-20/h4-15H,16H2,1-3H3,(H,28,30). The lowest BCUT2D eigenvalue weighted by Crippen LogP contribution is -2.13. The van der Waals surface area contributed by atoms with Crippen LogP contribution in [-0.2, 0) is 13.7 Å². The summed E-state index contributed by atoms with van der Waals surface area (Å²) in [7, 11) is 3.55. The Labute approximate surface area is 186 Å². The van der Waals surface area contributed by atoms with Gasteiger partial charge in [0.1, 0.15) is 23.9 Å². The average Bonchev–Trinajstić information content (AvgIpc) is 3.25. The van der Waals surface area contributed by atoms with E-state index in [0.717, 1.165) is 34.1 Å². The lowest BCUT2D eigenvalue weighted by Gasteiger charge is -2.12. The highest BCUT2D eigenvalue weighted by Gasteiger charge is 2.11. The summed E-state index contributed by atoms with van der Waals surface area (Å²) in [5, 5.41) is 3.00. The van der Waals surface area contributed by atoms with Gasteiger partial charge < -0.3 is 19.4 Å². The zero-order valence-corrected chi connectivity index (χ0v) is 18.2. The topological polar surface area (TPSA) is 78.3 Å². The summed E-state index contributed by atoms with van der Waals surface area (Å²) in [5.74, 6) is 2.03. The third-order valence-electron chi connectivity index (χ3n) is 5.09. The number of imidazole rings is 1. The fourth-order valence-corrected chi connectivity index (χ4v) is 3.26. The molecule has 0 aliphatic carbocycles. The zero-order chi connectivity index (χ0) is 22.5. The van der Waals surface area contributed by atoms with Gasteiger partial charge in [0.25, 0.3) is 5.91 Å². The molecule has 0 saturated carbocycles. The highest BCUT2D eigenvalue weighted by molar-refractivity contribution is 6.05. The second kappa shape index (κ2) is 9.34. The van der Waals surface area contributed by atoms with Gasteiger partial charge in [0, 0.05) is 48.5 Å². The second-order valence-corrected chi connectivity index (χ2v) is 7.35. The largest absolute Gasteiger partial charge is 0.497 e. The maximum absolute atomic E-state index is 12.8. The van der Waals surface area contributed by atoms with Crippen LogP contribution >= 0.6 is 0 Å². The summed E-state index contributed by atoms with van der Waals surface area (Å²) in [6.07, 6.45) is 5.32. The van der Waals surface area contributed by atoms with Gasteiger partial charge in [-0.25, -0.2) is 4.98 Å². The van der Waals surface area contributed by atoms with E-state index in [2.05, 4.69) is 15.3 Å². The predicted octanol–water partition coefficient (Wildman–Crippen LogP) is 4.63. The molecule has 4 rings (SSSR count). The summed E-state index contributed by atoms with van der Waals surface area (Å²) in [6, 6.07) is 16.5. The number of carbonyl (C=O) groups excluding carboxylic acids is 1. The van der Waals surface area contributed by atoms with Crippen molar-refractivity contribution in [2.45, 2.75) is 13.5 Å². The van der Waals surface area contributed by atoms with Crippen LogP contribution in [0.25, 0.3) is 11.4 Å². The highest BCUT2D eigenvalue weighted by atomic mass is 16.5. The van der Waals surface area contributed by atoms with Crippen LogP contribution in [0.3, 0.4) is 0 Å². The highest BCUT2D eigenvalue weighted by Crippen LogP contribution is 2.25. The molecule has 2 heterocycles. The zero-order valence-electron chi connectivity index (χ0n) is 18.2. The first-order valence-corrected chi connectivity index (χ1v) is 10.1. The molecular formula is C25H24N4O3. The van der Waals surface area contributed by atoms with Crippen molar-refractivity contribution in [3.05, 3.63) is 90.0 Å². The van der Waals surface area contributed by atoms with Gasteiger partial charge in [-0.2, -0.15) is 0 Å². The van der Waals surface area contributed by atoms with Gasteiger partial charge in [-0.3, -0.25) is 9.78 Å². The van der Waals surface area contributed by atoms with Crippen LogP contribution in [0.5, 0.6) is 11.5 Å². The lowest BCUT2D eigenvalue weighted by molar-refractivity contribution is 0.102. The van der Waals surface area contributed by atoms with E-state index in [4.69, 9.17) is 9.47 Å². The Balaban J connectivity index is 1.42. The number of aromatic nitrogens is 3. The number of benzene rings is 2. The molecule has 2 aromatic heterocycles. The monoisotopic (exact) mass is 428 g/mol. The van der Waals surface area contributed by atoms with Crippen molar-refractivity contribution in [2.75, 3.05) is 12.4 Å². The quantitative estimate of drug-likeness (QED) is 0.464. The fourth-order valence-electron chi connectivity index (χ4n) is 3.26. The number of anilines is 1. The summed E-state index contributed by atoms with van der Waals surface area (Å²) >= 11 is 0. The molecule has 0 aliphatic rings. The third kappa shape index (κ3) is 4.78. The number of rotatable bonds is 7. The van der Waals surface area contributed by atoms with E-state index in [1.54, 1.807) is 49.8 Å². The molecule has 162 valence electrons. The van der Waals surface area contributed by atoms with Gasteiger partial charge in [0.15, 0.2) is 0 Å². The molecule has 32 heavy (non-hydrogen) atoms. The minimum absolute atomic E-state index is 0.189. The molecule has 7 nitrogen and oxygen atoms in total. The van der Waals surface area contributed by atoms with E-state index in [-0.39, 0.29) is 5.91 Å². The number of nitrogens with zero attached hydrogens (tertiary/aromatic N) is 3. The van der Waals surface area contributed by atoms with Gasteiger partial charge >= 0.3 is 0 Å². The molecule has 1 N–H and O–H groups in total. The van der Waals surface area contributed by atoms with Crippen molar-refractivity contribution in [2.24, 2.45) is 7.05 Å². The molecule has 0 bridgehead atoms. The number of pyridine rings is 1. The first kappa shape index (κ1) is 21.1. The van der Waals surface area contributed by atoms with Crippen molar-refractivity contribution >= 4 is 11.6 Å². The Hall–Kier alpha value is -4.13. The summed E-state index contributed by atoms with van der Waals surface area (Å²) < 4.78 is 12.9. The number of hydrogen-bond donors (Lipinski definition) is 1. The van der Waals surface area contributed by atoms with E-state index in [1.807, 2.05) is 49.0 Å². The summed E-state index contributed by atoms with van der Waals surface area (Å²) in [4.78, 5) is 21.4. The summed E-state index contributed by atoms with van der Waals surface area (Å²) in [5.41, 5.74) is 3.96. The summed E-state index contributed by atoms with van der Waals surface area (Å²) in [6.45, 7) is 2.27. The fraction of sp³-hybridized carbons (Fsp3) is 0.160. The molecule has 7 heteroatoms. The first-order chi connectivity index (χ1) is 15.5. The van der Waals surface area contributed by atoms with Crippen molar-refractivity contribution in [3.8, 4) is 22.9 Å². The first-order valence-electron chi connectivity index (χ1n) is 10.1. The molecular weight excluding hydrogens is 404 g/mol. The van der Waals surface area contributed by atoms with E-state index in [1.165, 1.54) is 0 Å². The number of aryl methyl sites for hydroxylation is 2. The Kier molecular flexibility index (Phi) is 6.17. The number of hydrogen-bond acceptors (Lipinski definition) is 5. The van der Waals surface area contributed by atoms with Gasteiger partial charge in [-0.1, -0.05) is 12.1 Å². The molecule has 0 atom stereocenters. The maximum Gasteiger partial charge on any atom is 0.255 e. The van der Waals surface area contributed by atoms with Gasteiger partial charge in [-0.05, 0) is 48.9 Å². The molecule has 4 aromatic rings. The minimum atomic E-state index is -0.189. The predicted molar refractivity (Wildman–Crippen MR) is 123 cm³/mol. The van der Waals surface area contributed by atoms with Crippen LogP contribution < -0.4 is 14.8 Å². The normalized spacial score (nSPS) is 10.6. The van der Waals surface area contributed by atoms with E-state index in [0.29, 0.717) is 17.9 Å². The van der Waals surface area contributed by atoms with Crippen LogP contribution in [0.15, 0.2) is 73.2 Å². The molecule has 0 fully saturated rings. The lowest BCUT2D eigenvalue weighted by atomic mass is 10.1. The van der Waals surface area contributed by atoms with Crippen LogP contribution in [0, 0.1) is 6.92 Å². The van der Waals surface area contributed by atoms with Crippen molar-refractivity contribution in [1.29, 1.82) is 0 Å². The molecule has 0 saturated heterocycles. The number of ether oxygens (including phenoxy) is 2. The molecule has 1 amide bonds. The number of methoxy groups -OCH3 is 1. The van der Waals surface area contributed by atoms with E-state index >= 15 is 0 Å². The Morgan fingerprint density at radius 1 is 1.00 bits per heavy atom. The van der Waals surface area contributed by atoms with Gasteiger partial charge in [-0.15, -0.1) is 0 Å². The van der Waals surface area contributed by atoms with Gasteiger partial charge in [0.05, 0.1) is 12.8 Å². The Morgan fingerprint density at radius 2 is 1.81 bits per heavy atom. The Bertz CT molecular complexity index is 1230. The number of carbonyl (C=O) groups is 1. The Morgan fingerprint density at radius 3 is 2.53 bits per heavy atom. The molecule has 0 aliphatic heterocycles. The number of amides is 1. The van der Waals surface area contributed by atoms with E-state index < -0.39 is 0 Å². The average molecular weight is 428 g/mol. The molecule has 0 radical (unpaired) electrons. The van der Waals surface area contributed by atoms with E-state index in [9.17, 15) is 4.79 Å². The maximum atomic E-state index is 12.8. The molecule has 0 spiro atoms. The van der Waals surface area contributed by atoms with Crippen LogP contribution in [0.4, 0.5) is 5.69 Å². The van der Waals surface area contributed by atoms with Crippen LogP contribution in [0.2, 0.25) is 0 Å².